The van der Waals surface area contributed by atoms with Crippen molar-refractivity contribution in [3.05, 3.63) is 89.5 Å². The zero-order chi connectivity index (χ0) is 25.0. The van der Waals surface area contributed by atoms with Gasteiger partial charge in [-0.05, 0) is 60.1 Å². The highest BCUT2D eigenvalue weighted by Gasteiger charge is 2.53. The van der Waals surface area contributed by atoms with Crippen LogP contribution in [0.15, 0.2) is 72.8 Å². The summed E-state index contributed by atoms with van der Waals surface area (Å²) in [4.78, 5) is 30.3. The number of carbonyl (C=O) groups is 2. The van der Waals surface area contributed by atoms with Gasteiger partial charge in [0.1, 0.15) is 17.2 Å². The lowest BCUT2D eigenvalue weighted by molar-refractivity contribution is -0.131. The van der Waals surface area contributed by atoms with Crippen molar-refractivity contribution in [1.29, 1.82) is 0 Å². The molecule has 1 heterocycles. The van der Waals surface area contributed by atoms with Gasteiger partial charge in [-0.3, -0.25) is 9.69 Å². The number of nitrogens with one attached hydrogen (secondary N) is 1. The van der Waals surface area contributed by atoms with Crippen molar-refractivity contribution in [1.82, 2.24) is 15.1 Å². The summed E-state index contributed by atoms with van der Waals surface area (Å²) < 4.78 is 15.8. The molecular formula is C27H29N3O5. The quantitative estimate of drug-likeness (QED) is 0.477. The monoisotopic (exact) mass is 475 g/mol. The molecule has 4 rings (SSSR count). The average molecular weight is 476 g/mol. The first kappa shape index (κ1) is 24.1. The first-order chi connectivity index (χ1) is 16.9. The van der Waals surface area contributed by atoms with Crippen LogP contribution >= 0.6 is 0 Å². The largest absolute Gasteiger partial charge is 0.497 e. The van der Waals surface area contributed by atoms with E-state index in [0.29, 0.717) is 29.2 Å². The molecule has 0 unspecified atom stereocenters. The van der Waals surface area contributed by atoms with Gasteiger partial charge in [0, 0.05) is 6.54 Å². The number of rotatable bonds is 9. The smallest absolute Gasteiger partial charge is 0.326 e. The van der Waals surface area contributed by atoms with Crippen molar-refractivity contribution in [3.8, 4) is 17.2 Å². The number of nitrogens with zero attached hydrogens (tertiary/aromatic N) is 2. The van der Waals surface area contributed by atoms with E-state index in [4.69, 9.17) is 14.2 Å². The van der Waals surface area contributed by atoms with Crippen LogP contribution in [-0.4, -0.2) is 56.8 Å². The predicted molar refractivity (Wildman–Crippen MR) is 131 cm³/mol. The van der Waals surface area contributed by atoms with E-state index in [2.05, 4.69) is 5.32 Å². The van der Waals surface area contributed by atoms with E-state index in [9.17, 15) is 9.59 Å². The second-order valence-electron chi connectivity index (χ2n) is 8.37. The van der Waals surface area contributed by atoms with Crippen LogP contribution in [-0.2, 0) is 16.9 Å². The molecule has 1 N–H and O–H groups in total. The molecule has 0 spiro atoms. The van der Waals surface area contributed by atoms with Crippen LogP contribution in [0.2, 0.25) is 0 Å². The number of ether oxygens (including phenoxy) is 3. The fourth-order valence-corrected chi connectivity index (χ4v) is 4.28. The number of methoxy groups -OCH3 is 3. The van der Waals surface area contributed by atoms with Gasteiger partial charge >= 0.3 is 6.03 Å². The maximum absolute atomic E-state index is 14.0. The average Bonchev–Trinajstić information content (AvgIpc) is 3.14. The van der Waals surface area contributed by atoms with Gasteiger partial charge in [-0.25, -0.2) is 9.69 Å². The molecule has 1 aliphatic heterocycles. The Labute approximate surface area is 205 Å². The Morgan fingerprint density at radius 1 is 0.743 bits per heavy atom. The van der Waals surface area contributed by atoms with Crippen LogP contribution in [0.25, 0.3) is 0 Å². The first-order valence-corrected chi connectivity index (χ1v) is 11.2. The van der Waals surface area contributed by atoms with E-state index >= 15 is 0 Å². The predicted octanol–water partition coefficient (Wildman–Crippen LogP) is 3.60. The molecule has 1 saturated heterocycles. The number of hydrogen-bond donors (Lipinski definition) is 1. The molecule has 0 saturated carbocycles. The SMILES string of the molecule is COc1ccc(CN(C)CN2C(=O)NC(c3ccc(OC)cc3)(c3ccc(OC)cc3)C2=O)cc1. The van der Waals surface area contributed by atoms with Crippen LogP contribution in [0.1, 0.15) is 16.7 Å². The number of imide groups is 1. The topological polar surface area (TPSA) is 80.3 Å². The number of benzene rings is 3. The van der Waals surface area contributed by atoms with Crippen molar-refractivity contribution in [2.24, 2.45) is 0 Å². The van der Waals surface area contributed by atoms with E-state index in [1.807, 2.05) is 36.2 Å². The number of hydrogen-bond acceptors (Lipinski definition) is 6. The molecule has 0 aliphatic carbocycles. The van der Waals surface area contributed by atoms with Gasteiger partial charge in [-0.2, -0.15) is 0 Å². The van der Waals surface area contributed by atoms with Crippen LogP contribution in [0.4, 0.5) is 4.79 Å². The van der Waals surface area contributed by atoms with Crippen molar-refractivity contribution < 1.29 is 23.8 Å². The molecule has 3 aromatic carbocycles. The Hall–Kier alpha value is -4.04. The summed E-state index contributed by atoms with van der Waals surface area (Å²) in [6, 6.07) is 21.5. The van der Waals surface area contributed by atoms with Gasteiger partial charge in [0.25, 0.3) is 5.91 Å². The second kappa shape index (κ2) is 10.1. The molecule has 0 radical (unpaired) electrons. The van der Waals surface area contributed by atoms with E-state index in [1.54, 1.807) is 69.9 Å². The third-order valence-electron chi connectivity index (χ3n) is 6.15. The Morgan fingerprint density at radius 3 is 1.60 bits per heavy atom. The third-order valence-corrected chi connectivity index (χ3v) is 6.15. The van der Waals surface area contributed by atoms with Crippen molar-refractivity contribution in [2.75, 3.05) is 35.0 Å². The molecule has 3 aromatic rings. The summed E-state index contributed by atoms with van der Waals surface area (Å²) in [5.74, 6) is 1.74. The van der Waals surface area contributed by atoms with Gasteiger partial charge in [0.05, 0.1) is 28.0 Å². The lowest BCUT2D eigenvalue weighted by atomic mass is 9.82. The summed E-state index contributed by atoms with van der Waals surface area (Å²) in [5.41, 5.74) is 0.956. The van der Waals surface area contributed by atoms with E-state index in [-0.39, 0.29) is 12.6 Å². The molecule has 182 valence electrons. The first-order valence-electron chi connectivity index (χ1n) is 11.2. The third kappa shape index (κ3) is 4.65. The summed E-state index contributed by atoms with van der Waals surface area (Å²) in [5, 5.41) is 2.97. The van der Waals surface area contributed by atoms with Gasteiger partial charge in [0.2, 0.25) is 0 Å². The van der Waals surface area contributed by atoms with E-state index in [1.165, 1.54) is 4.90 Å². The molecule has 1 fully saturated rings. The molecule has 0 bridgehead atoms. The van der Waals surface area contributed by atoms with Crippen molar-refractivity contribution in [2.45, 2.75) is 12.1 Å². The van der Waals surface area contributed by atoms with Crippen molar-refractivity contribution in [3.63, 3.8) is 0 Å². The van der Waals surface area contributed by atoms with E-state index < -0.39 is 11.6 Å². The minimum Gasteiger partial charge on any atom is -0.497 e. The highest BCUT2D eigenvalue weighted by molar-refractivity contribution is 6.09. The van der Waals surface area contributed by atoms with Crippen LogP contribution in [0, 0.1) is 0 Å². The van der Waals surface area contributed by atoms with E-state index in [0.717, 1.165) is 11.3 Å². The summed E-state index contributed by atoms with van der Waals surface area (Å²) >= 11 is 0. The molecule has 0 aromatic heterocycles. The Kier molecular flexibility index (Phi) is 6.93. The zero-order valence-electron chi connectivity index (χ0n) is 20.3. The van der Waals surface area contributed by atoms with Crippen molar-refractivity contribution >= 4 is 11.9 Å². The van der Waals surface area contributed by atoms with Gasteiger partial charge in [-0.1, -0.05) is 36.4 Å². The normalized spacial score (nSPS) is 14.7. The number of carbonyl (C=O) groups excluding carboxylic acids is 2. The fraction of sp³-hybridized carbons (Fsp3) is 0.259. The molecule has 1 aliphatic rings. The lowest BCUT2D eigenvalue weighted by Crippen LogP contribution is -2.46. The molecule has 3 amide bonds. The molecule has 8 nitrogen and oxygen atoms in total. The van der Waals surface area contributed by atoms with Gasteiger partial charge < -0.3 is 19.5 Å². The van der Waals surface area contributed by atoms with Crippen LogP contribution < -0.4 is 19.5 Å². The maximum atomic E-state index is 14.0. The Balaban J connectivity index is 1.64. The Bertz CT molecular complexity index is 1130. The van der Waals surface area contributed by atoms with Crippen LogP contribution in [0.3, 0.4) is 0 Å². The molecule has 0 atom stereocenters. The molecule has 8 heteroatoms. The summed E-state index contributed by atoms with van der Waals surface area (Å²) in [6.45, 7) is 0.684. The standard InChI is InChI=1S/C27H29N3O5/c1-29(17-19-5-11-22(33-2)12-6-19)18-30-25(31)27(28-26(30)32,20-7-13-23(34-3)14-8-20)21-9-15-24(35-4)16-10-21/h5-16H,17-18H2,1-4H3,(H,28,32). The second-order valence-corrected chi connectivity index (χ2v) is 8.37. The van der Waals surface area contributed by atoms with Crippen LogP contribution in [0.5, 0.6) is 17.2 Å². The summed E-state index contributed by atoms with van der Waals surface area (Å²) in [7, 11) is 6.65. The highest BCUT2D eigenvalue weighted by atomic mass is 16.5. The number of amides is 3. The summed E-state index contributed by atoms with van der Waals surface area (Å²) in [6.07, 6.45) is 0. The maximum Gasteiger partial charge on any atom is 0.326 e. The minimum atomic E-state index is -1.36. The minimum absolute atomic E-state index is 0.130. The Morgan fingerprint density at radius 2 is 1.17 bits per heavy atom. The fourth-order valence-electron chi connectivity index (χ4n) is 4.28. The molecule has 35 heavy (non-hydrogen) atoms. The highest BCUT2D eigenvalue weighted by Crippen LogP contribution is 2.37. The lowest BCUT2D eigenvalue weighted by Gasteiger charge is -2.29. The zero-order valence-corrected chi connectivity index (χ0v) is 20.3. The number of urea groups is 1. The molecular weight excluding hydrogens is 446 g/mol. The van der Waals surface area contributed by atoms with Gasteiger partial charge in [0.15, 0.2) is 5.54 Å². The van der Waals surface area contributed by atoms with Gasteiger partial charge in [-0.15, -0.1) is 0 Å².